The maximum atomic E-state index is 12.6. The molecule has 1 aromatic heterocycles. The van der Waals surface area contributed by atoms with Crippen LogP contribution in [0.15, 0.2) is 60.9 Å². The van der Waals surface area contributed by atoms with Crippen molar-refractivity contribution < 1.29 is 35.1 Å². The quantitative estimate of drug-likeness (QED) is 0.0962. The molecule has 50 heavy (non-hydrogen) atoms. The minimum absolute atomic E-state index is 0.00781. The molecule has 2 fully saturated rings. The van der Waals surface area contributed by atoms with Crippen molar-refractivity contribution in [2.24, 2.45) is 0 Å². The maximum absolute atomic E-state index is 12.6. The van der Waals surface area contributed by atoms with E-state index in [9.17, 15) is 25.2 Å². The number of nitrogens with zero attached hydrogens (tertiary/aromatic N) is 2. The molecule has 5 N–H and O–H groups in total. The van der Waals surface area contributed by atoms with Crippen molar-refractivity contribution in [2.75, 3.05) is 20.2 Å². The average Bonchev–Trinajstić information content (AvgIpc) is 4.08. The van der Waals surface area contributed by atoms with Crippen molar-refractivity contribution in [1.29, 1.82) is 0 Å². The summed E-state index contributed by atoms with van der Waals surface area (Å²) >= 11 is 6.76. The lowest BCUT2D eigenvalue weighted by molar-refractivity contribution is -0.133. The molecule has 272 valence electrons. The molecule has 0 spiro atoms. The number of aromatic nitrogens is 1. The number of benzene rings is 2. The molecule has 10 heteroatoms. The van der Waals surface area contributed by atoms with Gasteiger partial charge in [-0.3, -0.25) is 9.78 Å². The highest BCUT2D eigenvalue weighted by Crippen LogP contribution is 2.55. The van der Waals surface area contributed by atoms with Crippen LogP contribution in [0.2, 0.25) is 5.02 Å². The van der Waals surface area contributed by atoms with Gasteiger partial charge in [0.15, 0.2) is 0 Å². The number of aliphatic hydroxyl groups excluding tert-OH is 5. The van der Waals surface area contributed by atoms with Crippen LogP contribution in [0.1, 0.15) is 93.7 Å². The van der Waals surface area contributed by atoms with E-state index in [2.05, 4.69) is 48.3 Å². The Labute approximate surface area is 300 Å². The zero-order chi connectivity index (χ0) is 35.8. The molecular formula is C40H53ClN2O7. The van der Waals surface area contributed by atoms with Gasteiger partial charge in [-0.25, -0.2) is 0 Å². The first kappa shape index (κ1) is 38.2. The number of hydrogen-bond acceptors (Lipinski definition) is 8. The van der Waals surface area contributed by atoms with Crippen LogP contribution in [-0.4, -0.2) is 92.0 Å². The summed E-state index contributed by atoms with van der Waals surface area (Å²) in [6, 6.07) is 16.9. The molecule has 1 unspecified atom stereocenters. The first-order valence-electron chi connectivity index (χ1n) is 18.1. The van der Waals surface area contributed by atoms with Crippen molar-refractivity contribution in [3.8, 4) is 16.9 Å². The smallest absolute Gasteiger partial charge is 0.222 e. The van der Waals surface area contributed by atoms with E-state index in [1.165, 1.54) is 22.3 Å². The fourth-order valence-corrected chi connectivity index (χ4v) is 6.98. The van der Waals surface area contributed by atoms with E-state index in [0.717, 1.165) is 74.1 Å². The second kappa shape index (κ2) is 17.4. The third kappa shape index (κ3) is 9.84. The molecule has 0 radical (unpaired) electrons. The molecule has 0 aliphatic heterocycles. The van der Waals surface area contributed by atoms with Crippen LogP contribution < -0.4 is 4.74 Å². The summed E-state index contributed by atoms with van der Waals surface area (Å²) in [5.41, 5.74) is 6.14. The van der Waals surface area contributed by atoms with E-state index in [4.69, 9.17) is 21.4 Å². The first-order valence-corrected chi connectivity index (χ1v) is 18.5. The molecule has 0 bridgehead atoms. The number of aryl methyl sites for hydroxylation is 1. The summed E-state index contributed by atoms with van der Waals surface area (Å²) in [5.74, 6) is 1.10. The zero-order valence-corrected chi connectivity index (χ0v) is 30.0. The highest BCUT2D eigenvalue weighted by Gasteiger charge is 2.45. The maximum Gasteiger partial charge on any atom is 0.222 e. The largest absolute Gasteiger partial charge is 0.490 e. The van der Waals surface area contributed by atoms with Gasteiger partial charge in [0.05, 0.1) is 18.8 Å². The van der Waals surface area contributed by atoms with Gasteiger partial charge in [0.1, 0.15) is 24.1 Å². The number of para-hydroxylation sites is 1. The van der Waals surface area contributed by atoms with Crippen molar-refractivity contribution in [2.45, 2.75) is 119 Å². The fraction of sp³-hybridized carbons (Fsp3) is 0.550. The lowest BCUT2D eigenvalue weighted by atomic mass is 9.84. The SMILES string of the molecule is CC(CCCCN(C)C(=O)CC[C@H](O)[C@@H](O)[C@H](O)[C@H](O)CO)c1ccc(Cl)c(CCC2(c3cnccc3-c3ccccc3OC3CC3)CC2)c1. The number of carbonyl (C=O) groups is 1. The second-order valence-corrected chi connectivity index (χ2v) is 14.8. The molecule has 0 saturated heterocycles. The van der Waals surface area contributed by atoms with E-state index in [1.807, 2.05) is 24.5 Å². The third-order valence-corrected chi connectivity index (χ3v) is 10.9. The molecule has 2 saturated carbocycles. The average molecular weight is 709 g/mol. The molecule has 9 nitrogen and oxygen atoms in total. The van der Waals surface area contributed by atoms with Gasteiger partial charge in [-0.2, -0.15) is 0 Å². The Bertz CT molecular complexity index is 1560. The monoisotopic (exact) mass is 708 g/mol. The van der Waals surface area contributed by atoms with Gasteiger partial charge in [-0.1, -0.05) is 55.3 Å². The molecule has 3 aromatic rings. The van der Waals surface area contributed by atoms with E-state index >= 15 is 0 Å². The lowest BCUT2D eigenvalue weighted by Gasteiger charge is -2.26. The molecule has 2 aliphatic carbocycles. The van der Waals surface area contributed by atoms with Gasteiger partial charge >= 0.3 is 0 Å². The van der Waals surface area contributed by atoms with Crippen molar-refractivity contribution in [3.63, 3.8) is 0 Å². The minimum Gasteiger partial charge on any atom is -0.490 e. The summed E-state index contributed by atoms with van der Waals surface area (Å²) in [6.45, 7) is 2.05. The fourth-order valence-electron chi connectivity index (χ4n) is 6.77. The predicted molar refractivity (Wildman–Crippen MR) is 194 cm³/mol. The van der Waals surface area contributed by atoms with Gasteiger partial charge in [0, 0.05) is 43.0 Å². The van der Waals surface area contributed by atoms with Gasteiger partial charge in [-0.05, 0) is 110 Å². The number of carbonyl (C=O) groups excluding carboxylic acids is 1. The number of ether oxygens (including phenoxy) is 1. The summed E-state index contributed by atoms with van der Waals surface area (Å²) in [5, 5.41) is 49.1. The number of pyridine rings is 1. The Morgan fingerprint density at radius 1 is 1.00 bits per heavy atom. The number of aliphatic hydroxyl groups is 5. The Balaban J connectivity index is 1.11. The Morgan fingerprint density at radius 2 is 1.74 bits per heavy atom. The van der Waals surface area contributed by atoms with Gasteiger partial charge in [0.2, 0.25) is 5.91 Å². The second-order valence-electron chi connectivity index (χ2n) is 14.4. The summed E-state index contributed by atoms with van der Waals surface area (Å²) in [6.07, 6.45) is 6.95. The van der Waals surface area contributed by atoms with Crippen LogP contribution in [0.25, 0.3) is 11.1 Å². The van der Waals surface area contributed by atoms with Crippen LogP contribution in [0.5, 0.6) is 5.75 Å². The van der Waals surface area contributed by atoms with Crippen molar-refractivity contribution in [3.05, 3.63) is 82.6 Å². The number of rotatable bonds is 20. The molecular weight excluding hydrogens is 656 g/mol. The number of hydrogen-bond donors (Lipinski definition) is 5. The minimum atomic E-state index is -1.70. The van der Waals surface area contributed by atoms with Crippen LogP contribution >= 0.6 is 11.6 Å². The predicted octanol–water partition coefficient (Wildman–Crippen LogP) is 5.56. The van der Waals surface area contributed by atoms with E-state index < -0.39 is 31.0 Å². The van der Waals surface area contributed by atoms with Crippen molar-refractivity contribution in [1.82, 2.24) is 9.88 Å². The van der Waals surface area contributed by atoms with E-state index in [0.29, 0.717) is 18.6 Å². The number of amides is 1. The third-order valence-electron chi connectivity index (χ3n) is 10.5. The summed E-state index contributed by atoms with van der Waals surface area (Å²) < 4.78 is 6.29. The first-order chi connectivity index (χ1) is 24.0. The Hall–Kier alpha value is -3.05. The van der Waals surface area contributed by atoms with Gasteiger partial charge in [0.25, 0.3) is 0 Å². The Kier molecular flexibility index (Phi) is 13.3. The normalized spacial score (nSPS) is 18.2. The highest BCUT2D eigenvalue weighted by atomic mass is 35.5. The topological polar surface area (TPSA) is 144 Å². The van der Waals surface area contributed by atoms with Crippen LogP contribution in [0, 0.1) is 0 Å². The lowest BCUT2D eigenvalue weighted by Crippen LogP contribution is -2.46. The highest BCUT2D eigenvalue weighted by molar-refractivity contribution is 6.31. The molecule has 2 aromatic carbocycles. The zero-order valence-electron chi connectivity index (χ0n) is 29.3. The standard InChI is InChI=1S/C40H53ClN2O7/c1-26(7-5-6-22-43(2)37(47)15-14-34(45)38(48)39(49)35(46)25-44)27-10-13-33(41)28(23-27)16-18-40(19-20-40)32-24-42-21-17-30(32)31-8-3-4-9-36(31)50-29-11-12-29/h3-4,8-10,13,17,21,23-24,26,29,34-35,38-39,44-46,48-49H,5-7,11-12,14-16,18-20,22,25H2,1-2H3/t26?,34-,35+,38+,39+/m0/s1. The number of unbranched alkanes of at least 4 members (excludes halogenated alkanes) is 1. The molecule has 2 aliphatic rings. The van der Waals surface area contributed by atoms with Crippen LogP contribution in [0.3, 0.4) is 0 Å². The summed E-state index contributed by atoms with van der Waals surface area (Å²) in [7, 11) is 1.71. The molecule has 5 atom stereocenters. The molecule has 5 rings (SSSR count). The van der Waals surface area contributed by atoms with Crippen LogP contribution in [0.4, 0.5) is 0 Å². The summed E-state index contributed by atoms with van der Waals surface area (Å²) in [4.78, 5) is 18.7. The van der Waals surface area contributed by atoms with Crippen LogP contribution in [-0.2, 0) is 16.6 Å². The Morgan fingerprint density at radius 3 is 2.46 bits per heavy atom. The van der Waals surface area contributed by atoms with Crippen molar-refractivity contribution >= 4 is 17.5 Å². The molecule has 1 heterocycles. The van der Waals surface area contributed by atoms with E-state index in [-0.39, 0.29) is 24.2 Å². The van der Waals surface area contributed by atoms with Gasteiger partial charge in [-0.15, -0.1) is 0 Å². The molecule has 1 amide bonds. The number of halogens is 1. The van der Waals surface area contributed by atoms with Gasteiger partial charge < -0.3 is 35.2 Å². The van der Waals surface area contributed by atoms with E-state index in [1.54, 1.807) is 11.9 Å².